The van der Waals surface area contributed by atoms with E-state index in [0.717, 1.165) is 30.9 Å². The number of rotatable bonds is 6. The number of azo groups is 1. The number of alkyl halides is 3. The second kappa shape index (κ2) is 7.94. The number of benzene rings is 2. The summed E-state index contributed by atoms with van der Waals surface area (Å²) in [6.07, 6.45) is -4.77. The minimum Gasteiger partial charge on any atom is -0.372 e. The lowest BCUT2D eigenvalue weighted by Crippen LogP contribution is -2.21. The van der Waals surface area contributed by atoms with Crippen molar-refractivity contribution in [1.82, 2.24) is 0 Å². The van der Waals surface area contributed by atoms with Crippen LogP contribution in [0.25, 0.3) is 0 Å². The summed E-state index contributed by atoms with van der Waals surface area (Å²) in [7, 11) is 0. The van der Waals surface area contributed by atoms with Gasteiger partial charge in [0.25, 0.3) is 5.69 Å². The Balaban J connectivity index is 2.31. The van der Waals surface area contributed by atoms with Gasteiger partial charge in [0.15, 0.2) is 0 Å². The van der Waals surface area contributed by atoms with Crippen molar-refractivity contribution in [3.63, 3.8) is 0 Å². The fourth-order valence-electron chi connectivity index (χ4n) is 2.38. The Morgan fingerprint density at radius 2 is 1.65 bits per heavy atom. The minimum absolute atomic E-state index is 0.382. The molecule has 0 amide bonds. The van der Waals surface area contributed by atoms with Crippen LogP contribution in [0.4, 0.5) is 35.9 Å². The molecule has 2 aromatic carbocycles. The highest BCUT2D eigenvalue weighted by Crippen LogP contribution is 2.39. The van der Waals surface area contributed by atoms with Crippen molar-refractivity contribution >= 4 is 22.7 Å². The van der Waals surface area contributed by atoms with Crippen LogP contribution in [0.3, 0.4) is 0 Å². The van der Waals surface area contributed by atoms with Crippen molar-refractivity contribution in [2.24, 2.45) is 10.2 Å². The van der Waals surface area contributed by atoms with Gasteiger partial charge in [-0.05, 0) is 44.2 Å². The first-order valence-corrected chi connectivity index (χ1v) is 7.88. The molecule has 0 heterocycles. The van der Waals surface area contributed by atoms with Crippen LogP contribution in [0.2, 0.25) is 0 Å². The molecule has 26 heavy (non-hydrogen) atoms. The van der Waals surface area contributed by atoms with Crippen LogP contribution in [0.15, 0.2) is 52.7 Å². The molecule has 0 aliphatic rings. The van der Waals surface area contributed by atoms with E-state index in [-0.39, 0.29) is 0 Å². The zero-order valence-corrected chi connectivity index (χ0v) is 14.2. The summed E-state index contributed by atoms with van der Waals surface area (Å²) >= 11 is 0. The summed E-state index contributed by atoms with van der Waals surface area (Å²) in [6.45, 7) is 5.69. The van der Waals surface area contributed by atoms with Gasteiger partial charge in [0.1, 0.15) is 0 Å². The van der Waals surface area contributed by atoms with E-state index < -0.39 is 28.0 Å². The predicted octanol–water partition coefficient (Wildman–Crippen LogP) is 5.88. The Morgan fingerprint density at radius 3 is 2.15 bits per heavy atom. The largest absolute Gasteiger partial charge is 0.418 e. The Hall–Kier alpha value is -2.97. The quantitative estimate of drug-likeness (QED) is 0.364. The minimum atomic E-state index is -4.77. The second-order valence-electron chi connectivity index (χ2n) is 5.35. The number of nitro groups is 1. The SMILES string of the molecule is CCN(CC)c1ccc(/N=N/c2ccc([N+](=O)[O-])cc2C(F)(F)F)cc1. The summed E-state index contributed by atoms with van der Waals surface area (Å²) in [5.74, 6) is 0. The Bertz CT molecular complexity index is 801. The molecule has 2 rings (SSSR count). The first-order chi connectivity index (χ1) is 12.3. The van der Waals surface area contributed by atoms with Crippen molar-refractivity contribution < 1.29 is 18.1 Å². The molecule has 9 heteroatoms. The van der Waals surface area contributed by atoms with Gasteiger partial charge in [-0.3, -0.25) is 10.1 Å². The number of nitro benzene ring substituents is 1. The van der Waals surface area contributed by atoms with Gasteiger partial charge >= 0.3 is 6.18 Å². The standard InChI is InChI=1S/C17H17F3N4O2/c1-3-23(4-2)13-7-5-12(6-8-13)21-22-16-10-9-14(24(25)26)11-15(16)17(18,19)20/h5-11H,3-4H2,1-2H3/b22-21+. The molecule has 0 bridgehead atoms. The molecule has 0 saturated carbocycles. The zero-order valence-electron chi connectivity index (χ0n) is 14.2. The third-order valence-electron chi connectivity index (χ3n) is 3.75. The summed E-state index contributed by atoms with van der Waals surface area (Å²) in [5, 5.41) is 18.1. The molecule has 2 aromatic rings. The maximum Gasteiger partial charge on any atom is 0.418 e. The lowest BCUT2D eigenvalue weighted by Gasteiger charge is -2.20. The van der Waals surface area contributed by atoms with Crippen LogP contribution in [0.5, 0.6) is 0 Å². The molecule has 0 atom stereocenters. The monoisotopic (exact) mass is 366 g/mol. The molecule has 0 aliphatic heterocycles. The van der Waals surface area contributed by atoms with E-state index in [1.54, 1.807) is 12.1 Å². The van der Waals surface area contributed by atoms with E-state index in [9.17, 15) is 23.3 Å². The van der Waals surface area contributed by atoms with E-state index >= 15 is 0 Å². The van der Waals surface area contributed by atoms with E-state index in [2.05, 4.69) is 15.1 Å². The fourth-order valence-corrected chi connectivity index (χ4v) is 2.38. The third kappa shape index (κ3) is 4.56. The summed E-state index contributed by atoms with van der Waals surface area (Å²) in [5.41, 5.74) is -0.973. The van der Waals surface area contributed by atoms with Crippen LogP contribution in [0, 0.1) is 10.1 Å². The molecule has 0 radical (unpaired) electrons. The lowest BCUT2D eigenvalue weighted by atomic mass is 10.1. The predicted molar refractivity (Wildman–Crippen MR) is 92.3 cm³/mol. The van der Waals surface area contributed by atoms with E-state index in [4.69, 9.17) is 0 Å². The molecule has 0 aliphatic carbocycles. The van der Waals surface area contributed by atoms with Crippen LogP contribution in [-0.2, 0) is 6.18 Å². The zero-order chi connectivity index (χ0) is 19.3. The molecule has 0 aromatic heterocycles. The highest BCUT2D eigenvalue weighted by atomic mass is 19.4. The number of hydrogen-bond donors (Lipinski definition) is 0. The van der Waals surface area contributed by atoms with Crippen molar-refractivity contribution in [2.75, 3.05) is 18.0 Å². The average molecular weight is 366 g/mol. The molecule has 0 spiro atoms. The molecular weight excluding hydrogens is 349 g/mol. The number of hydrogen-bond acceptors (Lipinski definition) is 5. The van der Waals surface area contributed by atoms with Crippen molar-refractivity contribution in [3.05, 3.63) is 58.1 Å². The molecule has 0 unspecified atom stereocenters. The highest BCUT2D eigenvalue weighted by molar-refractivity contribution is 5.55. The number of anilines is 1. The Kier molecular flexibility index (Phi) is 5.91. The van der Waals surface area contributed by atoms with Gasteiger partial charge in [0.05, 0.1) is 21.9 Å². The topological polar surface area (TPSA) is 71.1 Å². The highest BCUT2D eigenvalue weighted by Gasteiger charge is 2.35. The van der Waals surface area contributed by atoms with Crippen molar-refractivity contribution in [3.8, 4) is 0 Å². The second-order valence-corrected chi connectivity index (χ2v) is 5.35. The molecule has 6 nitrogen and oxygen atoms in total. The summed E-state index contributed by atoms with van der Waals surface area (Å²) < 4.78 is 39.3. The number of non-ortho nitro benzene ring substituents is 1. The van der Waals surface area contributed by atoms with Gasteiger partial charge < -0.3 is 4.90 Å². The molecule has 138 valence electrons. The first kappa shape index (κ1) is 19.4. The Morgan fingerprint density at radius 1 is 1.04 bits per heavy atom. The van der Waals surface area contributed by atoms with Crippen LogP contribution < -0.4 is 4.90 Å². The van der Waals surface area contributed by atoms with Gasteiger partial charge in [-0.15, -0.1) is 5.11 Å². The van der Waals surface area contributed by atoms with Crippen molar-refractivity contribution in [1.29, 1.82) is 0 Å². The van der Waals surface area contributed by atoms with Gasteiger partial charge in [-0.1, -0.05) is 0 Å². The third-order valence-corrected chi connectivity index (χ3v) is 3.75. The molecule has 0 N–H and O–H groups in total. The molecular formula is C17H17F3N4O2. The normalized spacial score (nSPS) is 11.7. The first-order valence-electron chi connectivity index (χ1n) is 7.88. The lowest BCUT2D eigenvalue weighted by molar-refractivity contribution is -0.385. The number of halogens is 3. The van der Waals surface area contributed by atoms with Crippen LogP contribution in [0.1, 0.15) is 19.4 Å². The maximum atomic E-state index is 13.1. The van der Waals surface area contributed by atoms with Gasteiger partial charge in [0.2, 0.25) is 0 Å². The average Bonchev–Trinajstić information content (AvgIpc) is 2.61. The molecule has 0 fully saturated rings. The van der Waals surface area contributed by atoms with Gasteiger partial charge in [0, 0.05) is 30.9 Å². The Labute approximate surface area is 148 Å². The molecule has 0 saturated heterocycles. The van der Waals surface area contributed by atoms with Gasteiger partial charge in [-0.25, -0.2) is 0 Å². The van der Waals surface area contributed by atoms with E-state index in [0.29, 0.717) is 11.8 Å². The summed E-state index contributed by atoms with van der Waals surface area (Å²) in [6, 6.07) is 9.27. The van der Waals surface area contributed by atoms with Crippen molar-refractivity contribution in [2.45, 2.75) is 20.0 Å². The van der Waals surface area contributed by atoms with Gasteiger partial charge in [-0.2, -0.15) is 18.3 Å². The van der Waals surface area contributed by atoms with Crippen LogP contribution in [-0.4, -0.2) is 18.0 Å². The smallest absolute Gasteiger partial charge is 0.372 e. The van der Waals surface area contributed by atoms with Crippen LogP contribution >= 0.6 is 0 Å². The number of nitrogens with zero attached hydrogens (tertiary/aromatic N) is 4. The summed E-state index contributed by atoms with van der Waals surface area (Å²) in [4.78, 5) is 11.9. The van der Waals surface area contributed by atoms with E-state index in [1.165, 1.54) is 0 Å². The fraction of sp³-hybridized carbons (Fsp3) is 0.294. The maximum absolute atomic E-state index is 13.1. The van der Waals surface area contributed by atoms with E-state index in [1.807, 2.05) is 26.0 Å².